The standard InChI is InChI=1S/C27H27N3O6/c1-33-22-7-4-5-19(11-22)17-34-23-14-29(13-21-6-2-3-10-28-21)26(31)16-30(15-23)27(32)20-8-9-24-25(12-20)36-18-35-24/h2-12,23H,13-18H2,1H3. The van der Waals surface area contributed by atoms with Gasteiger partial charge in [-0.05, 0) is 48.0 Å². The molecule has 2 amide bonds. The molecule has 3 aromatic rings. The van der Waals surface area contributed by atoms with Gasteiger partial charge in [0.2, 0.25) is 12.7 Å². The highest BCUT2D eigenvalue weighted by Crippen LogP contribution is 2.33. The number of amides is 2. The highest BCUT2D eigenvalue weighted by molar-refractivity contribution is 5.97. The largest absolute Gasteiger partial charge is 0.497 e. The number of benzene rings is 2. The number of carbonyl (C=O) groups is 2. The predicted octanol–water partition coefficient (Wildman–Crippen LogP) is 2.89. The lowest BCUT2D eigenvalue weighted by molar-refractivity contribution is -0.132. The van der Waals surface area contributed by atoms with Crippen molar-refractivity contribution in [1.29, 1.82) is 0 Å². The summed E-state index contributed by atoms with van der Waals surface area (Å²) in [5.74, 6) is 1.42. The lowest BCUT2D eigenvalue weighted by Gasteiger charge is -2.25. The van der Waals surface area contributed by atoms with Gasteiger partial charge >= 0.3 is 0 Å². The lowest BCUT2D eigenvalue weighted by Crippen LogP contribution is -2.39. The van der Waals surface area contributed by atoms with E-state index in [1.165, 1.54) is 4.90 Å². The number of fused-ring (bicyclic) bond motifs is 1. The van der Waals surface area contributed by atoms with Crippen LogP contribution in [0.4, 0.5) is 0 Å². The first-order chi connectivity index (χ1) is 17.6. The van der Waals surface area contributed by atoms with Crippen molar-refractivity contribution in [2.75, 3.05) is 33.5 Å². The van der Waals surface area contributed by atoms with Crippen molar-refractivity contribution in [2.24, 2.45) is 0 Å². The number of rotatable bonds is 7. The summed E-state index contributed by atoms with van der Waals surface area (Å²) in [5, 5.41) is 0. The first kappa shape index (κ1) is 23.6. The smallest absolute Gasteiger partial charge is 0.254 e. The zero-order valence-electron chi connectivity index (χ0n) is 20.0. The van der Waals surface area contributed by atoms with Crippen molar-refractivity contribution in [3.05, 3.63) is 83.7 Å². The Hall–Kier alpha value is -4.11. The molecule has 0 aliphatic carbocycles. The second-order valence-corrected chi connectivity index (χ2v) is 8.63. The molecule has 36 heavy (non-hydrogen) atoms. The van der Waals surface area contributed by atoms with E-state index in [9.17, 15) is 9.59 Å². The maximum Gasteiger partial charge on any atom is 0.254 e. The molecule has 1 atom stereocenters. The van der Waals surface area contributed by atoms with Crippen molar-refractivity contribution < 1.29 is 28.5 Å². The van der Waals surface area contributed by atoms with Gasteiger partial charge in [0.25, 0.3) is 5.91 Å². The van der Waals surface area contributed by atoms with Gasteiger partial charge in [0.05, 0.1) is 32.1 Å². The fourth-order valence-electron chi connectivity index (χ4n) is 4.27. The van der Waals surface area contributed by atoms with Crippen molar-refractivity contribution in [3.63, 3.8) is 0 Å². The minimum Gasteiger partial charge on any atom is -0.497 e. The van der Waals surface area contributed by atoms with Crippen LogP contribution >= 0.6 is 0 Å². The van der Waals surface area contributed by atoms with Crippen molar-refractivity contribution in [2.45, 2.75) is 19.3 Å². The zero-order valence-corrected chi connectivity index (χ0v) is 20.0. The quantitative estimate of drug-likeness (QED) is 0.504. The molecule has 186 valence electrons. The van der Waals surface area contributed by atoms with Gasteiger partial charge in [0, 0.05) is 24.8 Å². The number of hydrogen-bond acceptors (Lipinski definition) is 7. The van der Waals surface area contributed by atoms with E-state index in [-0.39, 0.29) is 31.7 Å². The highest BCUT2D eigenvalue weighted by Gasteiger charge is 2.32. The number of nitrogens with zero attached hydrogens (tertiary/aromatic N) is 3. The van der Waals surface area contributed by atoms with E-state index < -0.39 is 6.10 Å². The molecular weight excluding hydrogens is 462 g/mol. The predicted molar refractivity (Wildman–Crippen MR) is 130 cm³/mol. The second-order valence-electron chi connectivity index (χ2n) is 8.63. The van der Waals surface area contributed by atoms with Crippen LogP contribution in [-0.2, 0) is 22.7 Å². The van der Waals surface area contributed by atoms with Crippen LogP contribution in [0.1, 0.15) is 21.6 Å². The molecule has 0 bridgehead atoms. The average molecular weight is 490 g/mol. The molecule has 9 nitrogen and oxygen atoms in total. The summed E-state index contributed by atoms with van der Waals surface area (Å²) >= 11 is 0. The summed E-state index contributed by atoms with van der Waals surface area (Å²) in [6.07, 6.45) is 1.30. The van der Waals surface area contributed by atoms with Crippen LogP contribution in [-0.4, -0.2) is 66.2 Å². The third-order valence-electron chi connectivity index (χ3n) is 6.13. The van der Waals surface area contributed by atoms with Gasteiger partial charge in [-0.3, -0.25) is 14.6 Å². The lowest BCUT2D eigenvalue weighted by atomic mass is 10.1. The maximum absolute atomic E-state index is 13.4. The van der Waals surface area contributed by atoms with Crippen LogP contribution in [0, 0.1) is 0 Å². The summed E-state index contributed by atoms with van der Waals surface area (Å²) in [5.41, 5.74) is 2.14. The molecule has 2 aliphatic rings. The molecule has 1 aromatic heterocycles. The molecule has 1 unspecified atom stereocenters. The minimum atomic E-state index is -0.399. The summed E-state index contributed by atoms with van der Waals surface area (Å²) < 4.78 is 22.3. The molecule has 3 heterocycles. The fraction of sp³-hybridized carbons (Fsp3) is 0.296. The molecule has 1 saturated heterocycles. The molecular formula is C27H27N3O6. The third kappa shape index (κ3) is 5.41. The molecule has 9 heteroatoms. The SMILES string of the molecule is COc1cccc(COC2CN(Cc3ccccn3)C(=O)CN(C(=O)c3ccc4c(c3)OCO4)C2)c1. The van der Waals surface area contributed by atoms with E-state index >= 15 is 0 Å². The Bertz CT molecular complexity index is 1240. The number of methoxy groups -OCH3 is 1. The third-order valence-corrected chi connectivity index (χ3v) is 6.13. The summed E-state index contributed by atoms with van der Waals surface area (Å²) in [6.45, 7) is 1.33. The molecule has 0 radical (unpaired) electrons. The van der Waals surface area contributed by atoms with Crippen LogP contribution in [0.3, 0.4) is 0 Å². The normalized spacial score (nSPS) is 17.1. The van der Waals surface area contributed by atoms with Gasteiger partial charge in [-0.15, -0.1) is 0 Å². The average Bonchev–Trinajstić information content (AvgIpc) is 3.33. The van der Waals surface area contributed by atoms with Crippen LogP contribution in [0.15, 0.2) is 66.9 Å². The summed E-state index contributed by atoms with van der Waals surface area (Å²) in [4.78, 5) is 34.3. The van der Waals surface area contributed by atoms with Gasteiger partial charge in [0.1, 0.15) is 12.3 Å². The van der Waals surface area contributed by atoms with Gasteiger partial charge in [-0.2, -0.15) is 0 Å². The Morgan fingerprint density at radius 2 is 1.94 bits per heavy atom. The van der Waals surface area contributed by atoms with E-state index in [0.29, 0.717) is 36.8 Å². The van der Waals surface area contributed by atoms with Gasteiger partial charge in [-0.1, -0.05) is 18.2 Å². The van der Waals surface area contributed by atoms with E-state index in [1.807, 2.05) is 42.5 Å². The van der Waals surface area contributed by atoms with Gasteiger partial charge in [0.15, 0.2) is 11.5 Å². The second kappa shape index (κ2) is 10.7. The maximum atomic E-state index is 13.4. The summed E-state index contributed by atoms with van der Waals surface area (Å²) in [6, 6.07) is 18.3. The Labute approximate surface area is 209 Å². The molecule has 1 fully saturated rings. The number of pyridine rings is 1. The minimum absolute atomic E-state index is 0.0564. The topological polar surface area (TPSA) is 90.4 Å². The number of ether oxygens (including phenoxy) is 4. The van der Waals surface area contributed by atoms with Crippen LogP contribution < -0.4 is 14.2 Å². The van der Waals surface area contributed by atoms with E-state index in [1.54, 1.807) is 36.4 Å². The van der Waals surface area contributed by atoms with Crippen LogP contribution in [0.5, 0.6) is 17.2 Å². The first-order valence-corrected chi connectivity index (χ1v) is 11.7. The van der Waals surface area contributed by atoms with Gasteiger partial charge in [-0.25, -0.2) is 0 Å². The first-order valence-electron chi connectivity index (χ1n) is 11.7. The monoisotopic (exact) mass is 489 g/mol. The Morgan fingerprint density at radius 1 is 1.06 bits per heavy atom. The van der Waals surface area contributed by atoms with Crippen LogP contribution in [0.25, 0.3) is 0 Å². The Kier molecular flexibility index (Phi) is 6.99. The molecule has 2 aliphatic heterocycles. The molecule has 0 spiro atoms. The highest BCUT2D eigenvalue weighted by atomic mass is 16.7. The Balaban J connectivity index is 1.36. The number of hydrogen-bond donors (Lipinski definition) is 0. The van der Waals surface area contributed by atoms with Crippen molar-refractivity contribution in [1.82, 2.24) is 14.8 Å². The van der Waals surface area contributed by atoms with E-state index in [2.05, 4.69) is 4.98 Å². The van der Waals surface area contributed by atoms with Crippen molar-refractivity contribution in [3.8, 4) is 17.2 Å². The molecule has 0 N–H and O–H groups in total. The molecule has 0 saturated carbocycles. The summed E-state index contributed by atoms with van der Waals surface area (Å²) in [7, 11) is 1.62. The van der Waals surface area contributed by atoms with Crippen molar-refractivity contribution >= 4 is 11.8 Å². The van der Waals surface area contributed by atoms with E-state index in [0.717, 1.165) is 17.0 Å². The Morgan fingerprint density at radius 3 is 2.78 bits per heavy atom. The molecule has 2 aromatic carbocycles. The molecule has 5 rings (SSSR count). The number of aromatic nitrogens is 1. The van der Waals surface area contributed by atoms with Crippen LogP contribution in [0.2, 0.25) is 0 Å². The zero-order chi connectivity index (χ0) is 24.9. The van der Waals surface area contributed by atoms with E-state index in [4.69, 9.17) is 18.9 Å². The fourth-order valence-corrected chi connectivity index (χ4v) is 4.27. The number of carbonyl (C=O) groups excluding carboxylic acids is 2. The van der Waals surface area contributed by atoms with Gasteiger partial charge < -0.3 is 28.7 Å².